The first-order valence-electron chi connectivity index (χ1n) is 10.1. The van der Waals surface area contributed by atoms with E-state index >= 15 is 0 Å². The highest BCUT2D eigenvalue weighted by molar-refractivity contribution is 7.90. The first-order valence-corrected chi connectivity index (χ1v) is 12.0. The second kappa shape index (κ2) is 7.79. The summed E-state index contributed by atoms with van der Waals surface area (Å²) in [7, 11) is -3.24. The molecule has 5 rings (SSSR count). The Balaban J connectivity index is 1.53. The molecule has 158 valence electrons. The summed E-state index contributed by atoms with van der Waals surface area (Å²) in [5, 5.41) is 3.36. The number of rotatable bonds is 4. The molecule has 0 atom stereocenters. The Morgan fingerprint density at radius 1 is 0.935 bits per heavy atom. The maximum Gasteiger partial charge on any atom is 0.175 e. The predicted octanol–water partition coefficient (Wildman–Crippen LogP) is 3.37. The zero-order chi connectivity index (χ0) is 21.4. The number of nitrogens with one attached hydrogen (secondary N) is 1. The number of hydrogen-bond donors (Lipinski definition) is 1. The van der Waals surface area contributed by atoms with Crippen molar-refractivity contribution in [1.82, 2.24) is 15.3 Å². The van der Waals surface area contributed by atoms with Crippen LogP contribution in [0.5, 0.6) is 0 Å². The summed E-state index contributed by atoms with van der Waals surface area (Å²) in [5.74, 6) is 1.60. The minimum Gasteiger partial charge on any atom is -0.454 e. The molecule has 0 spiro atoms. The largest absolute Gasteiger partial charge is 0.454 e. The predicted molar refractivity (Wildman–Crippen MR) is 121 cm³/mol. The number of benzene rings is 1. The highest BCUT2D eigenvalue weighted by Crippen LogP contribution is 2.34. The third-order valence-corrected chi connectivity index (χ3v) is 6.60. The minimum atomic E-state index is -3.24. The molecule has 4 heterocycles. The Labute approximate surface area is 180 Å². The van der Waals surface area contributed by atoms with Crippen LogP contribution in [0.3, 0.4) is 0 Å². The van der Waals surface area contributed by atoms with Crippen molar-refractivity contribution in [3.63, 3.8) is 0 Å². The number of sulfone groups is 1. The standard InChI is InChI=1S/C23H22N4O3S/c1-31(28,29)18-4-2-16(3-5-18)21-15-20-23(30-21)19(7-9-25-20)17-6-8-26-22(14-17)27-12-10-24-11-13-27/h2-9,14-15,24H,10-13H2,1H3. The van der Waals surface area contributed by atoms with Crippen molar-refractivity contribution >= 4 is 26.8 Å². The molecular formula is C23H22N4O3S. The monoisotopic (exact) mass is 434 g/mol. The van der Waals surface area contributed by atoms with Crippen molar-refractivity contribution in [2.75, 3.05) is 37.3 Å². The van der Waals surface area contributed by atoms with Gasteiger partial charge in [0.05, 0.1) is 4.90 Å². The van der Waals surface area contributed by atoms with Gasteiger partial charge < -0.3 is 14.6 Å². The lowest BCUT2D eigenvalue weighted by Crippen LogP contribution is -2.43. The lowest BCUT2D eigenvalue weighted by molar-refractivity contribution is 0.585. The molecule has 1 aliphatic rings. The van der Waals surface area contributed by atoms with Crippen molar-refractivity contribution in [2.45, 2.75) is 4.90 Å². The average molecular weight is 435 g/mol. The van der Waals surface area contributed by atoms with E-state index in [1.807, 2.05) is 24.4 Å². The Hall–Kier alpha value is -3.23. The smallest absolute Gasteiger partial charge is 0.175 e. The van der Waals surface area contributed by atoms with Gasteiger partial charge in [0.25, 0.3) is 0 Å². The van der Waals surface area contributed by atoms with Gasteiger partial charge in [0, 0.05) is 62.0 Å². The molecule has 4 aromatic rings. The van der Waals surface area contributed by atoms with Crippen molar-refractivity contribution in [2.24, 2.45) is 0 Å². The van der Waals surface area contributed by atoms with Crippen molar-refractivity contribution in [3.8, 4) is 22.5 Å². The SMILES string of the molecule is CS(=O)(=O)c1ccc(-c2cc3nccc(-c4ccnc(N5CCNCC5)c4)c3o2)cc1. The summed E-state index contributed by atoms with van der Waals surface area (Å²) in [4.78, 5) is 11.6. The van der Waals surface area contributed by atoms with Crippen LogP contribution in [0.25, 0.3) is 33.6 Å². The van der Waals surface area contributed by atoms with Crippen molar-refractivity contribution in [3.05, 3.63) is 60.9 Å². The summed E-state index contributed by atoms with van der Waals surface area (Å²) in [6, 6.07) is 14.6. The fourth-order valence-electron chi connectivity index (χ4n) is 3.83. The maximum absolute atomic E-state index is 11.7. The Bertz CT molecular complexity index is 1340. The molecule has 1 fully saturated rings. The summed E-state index contributed by atoms with van der Waals surface area (Å²) < 4.78 is 29.6. The van der Waals surface area contributed by atoms with Crippen LogP contribution in [0.1, 0.15) is 0 Å². The van der Waals surface area contributed by atoms with E-state index < -0.39 is 9.84 Å². The zero-order valence-electron chi connectivity index (χ0n) is 17.1. The van der Waals surface area contributed by atoms with E-state index in [4.69, 9.17) is 4.42 Å². The number of nitrogens with zero attached hydrogens (tertiary/aromatic N) is 3. The van der Waals surface area contributed by atoms with Gasteiger partial charge in [-0.25, -0.2) is 13.4 Å². The van der Waals surface area contributed by atoms with E-state index in [9.17, 15) is 8.42 Å². The van der Waals surface area contributed by atoms with Gasteiger partial charge in [0.1, 0.15) is 17.1 Å². The molecule has 0 saturated carbocycles. The van der Waals surface area contributed by atoms with Gasteiger partial charge in [-0.1, -0.05) is 0 Å². The van der Waals surface area contributed by atoms with Crippen LogP contribution in [0.15, 0.2) is 70.2 Å². The fourth-order valence-corrected chi connectivity index (χ4v) is 4.46. The van der Waals surface area contributed by atoms with Crippen LogP contribution in [0, 0.1) is 0 Å². The summed E-state index contributed by atoms with van der Waals surface area (Å²) in [6.45, 7) is 3.75. The topological polar surface area (TPSA) is 88.3 Å². The van der Waals surface area contributed by atoms with Crippen LogP contribution in [0.2, 0.25) is 0 Å². The van der Waals surface area contributed by atoms with Gasteiger partial charge >= 0.3 is 0 Å². The van der Waals surface area contributed by atoms with Gasteiger partial charge in [0.15, 0.2) is 15.4 Å². The molecule has 7 nitrogen and oxygen atoms in total. The molecule has 0 aliphatic carbocycles. The van der Waals surface area contributed by atoms with Crippen LogP contribution in [0.4, 0.5) is 5.82 Å². The lowest BCUT2D eigenvalue weighted by atomic mass is 10.1. The number of hydrogen-bond acceptors (Lipinski definition) is 7. The highest BCUT2D eigenvalue weighted by Gasteiger charge is 2.16. The van der Waals surface area contributed by atoms with Gasteiger partial charge in [-0.3, -0.25) is 4.98 Å². The summed E-state index contributed by atoms with van der Waals surface area (Å²) in [5.41, 5.74) is 4.21. The number of piperazine rings is 1. The molecule has 8 heteroatoms. The Kier molecular flexibility index (Phi) is 4.95. The molecule has 0 unspecified atom stereocenters. The van der Waals surface area contributed by atoms with E-state index in [2.05, 4.69) is 26.3 Å². The molecule has 1 saturated heterocycles. The molecular weight excluding hydrogens is 412 g/mol. The van der Waals surface area contributed by atoms with Crippen LogP contribution < -0.4 is 10.2 Å². The average Bonchev–Trinajstić information content (AvgIpc) is 3.24. The summed E-state index contributed by atoms with van der Waals surface area (Å²) >= 11 is 0. The van der Waals surface area contributed by atoms with Gasteiger partial charge in [-0.05, 0) is 48.0 Å². The molecule has 0 bridgehead atoms. The summed E-state index contributed by atoms with van der Waals surface area (Å²) in [6.07, 6.45) is 4.80. The molecule has 1 aromatic carbocycles. The lowest BCUT2D eigenvalue weighted by Gasteiger charge is -2.28. The van der Waals surface area contributed by atoms with Gasteiger partial charge in [-0.2, -0.15) is 0 Å². The molecule has 31 heavy (non-hydrogen) atoms. The van der Waals surface area contributed by atoms with E-state index in [-0.39, 0.29) is 4.90 Å². The molecule has 1 aliphatic heterocycles. The Morgan fingerprint density at radius 2 is 1.68 bits per heavy atom. The highest BCUT2D eigenvalue weighted by atomic mass is 32.2. The quantitative estimate of drug-likeness (QED) is 0.527. The van der Waals surface area contributed by atoms with Crippen molar-refractivity contribution in [1.29, 1.82) is 0 Å². The third kappa shape index (κ3) is 3.92. The maximum atomic E-state index is 11.7. The number of anilines is 1. The zero-order valence-corrected chi connectivity index (χ0v) is 17.9. The first-order chi connectivity index (χ1) is 15.0. The second-order valence-corrected chi connectivity index (χ2v) is 9.64. The molecule has 0 radical (unpaired) electrons. The third-order valence-electron chi connectivity index (χ3n) is 5.48. The fraction of sp³-hybridized carbons (Fsp3) is 0.217. The second-order valence-electron chi connectivity index (χ2n) is 7.62. The van der Waals surface area contributed by atoms with Gasteiger partial charge in [0.2, 0.25) is 0 Å². The van der Waals surface area contributed by atoms with Crippen molar-refractivity contribution < 1.29 is 12.8 Å². The van der Waals surface area contributed by atoms with E-state index in [1.54, 1.807) is 30.5 Å². The molecule has 1 N–H and O–H groups in total. The van der Waals surface area contributed by atoms with E-state index in [0.717, 1.165) is 54.2 Å². The molecule has 3 aromatic heterocycles. The van der Waals surface area contributed by atoms with Crippen LogP contribution in [-0.2, 0) is 9.84 Å². The number of fused-ring (bicyclic) bond motifs is 1. The Morgan fingerprint density at radius 3 is 2.42 bits per heavy atom. The number of furan rings is 1. The number of aromatic nitrogens is 2. The van der Waals surface area contributed by atoms with E-state index in [1.165, 1.54) is 6.26 Å². The minimum absolute atomic E-state index is 0.281. The van der Waals surface area contributed by atoms with Crippen LogP contribution in [-0.4, -0.2) is 50.8 Å². The molecule has 0 amide bonds. The number of pyridine rings is 2. The van der Waals surface area contributed by atoms with Crippen LogP contribution >= 0.6 is 0 Å². The normalized spacial score (nSPS) is 14.8. The first kappa shape index (κ1) is 19.7. The van der Waals surface area contributed by atoms with Gasteiger partial charge in [-0.15, -0.1) is 0 Å². The van der Waals surface area contributed by atoms with E-state index in [0.29, 0.717) is 11.3 Å².